The minimum Gasteiger partial charge on any atom is -0.391 e. The zero-order valence-electron chi connectivity index (χ0n) is 14.3. The van der Waals surface area contributed by atoms with E-state index in [1.807, 2.05) is 14.0 Å². The van der Waals surface area contributed by atoms with Crippen molar-refractivity contribution in [2.45, 2.75) is 65.5 Å². The zero-order chi connectivity index (χ0) is 16.2. The van der Waals surface area contributed by atoms with Crippen molar-refractivity contribution in [2.75, 3.05) is 13.1 Å². The van der Waals surface area contributed by atoms with Gasteiger partial charge in [0.15, 0.2) is 0 Å². The van der Waals surface area contributed by atoms with Gasteiger partial charge in [0.25, 0.3) is 0 Å². The Morgan fingerprint density at radius 1 is 1.24 bits per heavy atom. The predicted octanol–water partition coefficient (Wildman–Crippen LogP) is 3.19. The van der Waals surface area contributed by atoms with Crippen molar-refractivity contribution in [3.05, 3.63) is 16.4 Å². The van der Waals surface area contributed by atoms with E-state index in [0.717, 1.165) is 37.3 Å². The van der Waals surface area contributed by atoms with Gasteiger partial charge in [-0.2, -0.15) is 5.10 Å². The van der Waals surface area contributed by atoms with Crippen molar-refractivity contribution < 1.29 is 5.11 Å². The summed E-state index contributed by atoms with van der Waals surface area (Å²) in [6, 6.07) is 0. The molecule has 21 heavy (non-hydrogen) atoms. The molecule has 1 heterocycles. The van der Waals surface area contributed by atoms with E-state index in [0.29, 0.717) is 11.4 Å². The lowest BCUT2D eigenvalue weighted by Crippen LogP contribution is -2.56. The highest BCUT2D eigenvalue weighted by Gasteiger charge is 2.39. The van der Waals surface area contributed by atoms with Gasteiger partial charge in [0, 0.05) is 19.0 Å². The summed E-state index contributed by atoms with van der Waals surface area (Å²) >= 11 is 6.33. The number of rotatable bonds is 8. The first-order valence-corrected chi connectivity index (χ1v) is 8.36. The molecule has 5 heteroatoms. The van der Waals surface area contributed by atoms with Crippen LogP contribution in [0.1, 0.15) is 51.9 Å². The summed E-state index contributed by atoms with van der Waals surface area (Å²) in [5, 5.41) is 16.0. The summed E-state index contributed by atoms with van der Waals surface area (Å²) in [5.74, 6) is 0. The maximum Gasteiger partial charge on any atom is 0.0847 e. The van der Waals surface area contributed by atoms with Gasteiger partial charge in [0.2, 0.25) is 0 Å². The van der Waals surface area contributed by atoms with Gasteiger partial charge in [0.05, 0.1) is 22.5 Å². The lowest BCUT2D eigenvalue weighted by Gasteiger charge is -2.45. The monoisotopic (exact) mass is 315 g/mol. The van der Waals surface area contributed by atoms with Crippen molar-refractivity contribution >= 4 is 11.6 Å². The van der Waals surface area contributed by atoms with Gasteiger partial charge in [-0.25, -0.2) is 0 Å². The molecule has 0 saturated heterocycles. The second-order valence-electron chi connectivity index (χ2n) is 5.67. The maximum atomic E-state index is 11.0. The first-order chi connectivity index (χ1) is 9.87. The Labute approximate surface area is 134 Å². The Morgan fingerprint density at radius 3 is 2.10 bits per heavy atom. The van der Waals surface area contributed by atoms with Crippen molar-refractivity contribution in [2.24, 2.45) is 7.05 Å². The average molecular weight is 316 g/mol. The van der Waals surface area contributed by atoms with Crippen molar-refractivity contribution in [1.82, 2.24) is 14.7 Å². The molecule has 0 amide bonds. The Balaban J connectivity index is 3.09. The fourth-order valence-electron chi connectivity index (χ4n) is 3.51. The normalized spacial score (nSPS) is 14.0. The van der Waals surface area contributed by atoms with E-state index in [1.54, 1.807) is 4.68 Å². The highest BCUT2D eigenvalue weighted by atomic mass is 35.5. The first-order valence-electron chi connectivity index (χ1n) is 7.98. The van der Waals surface area contributed by atoms with E-state index < -0.39 is 6.10 Å². The molecule has 122 valence electrons. The molecule has 0 fully saturated rings. The summed E-state index contributed by atoms with van der Waals surface area (Å²) < 4.78 is 1.79. The largest absolute Gasteiger partial charge is 0.391 e. The average Bonchev–Trinajstić information content (AvgIpc) is 2.71. The first kappa shape index (κ1) is 18.5. The molecule has 1 unspecified atom stereocenters. The Morgan fingerprint density at radius 2 is 1.76 bits per heavy atom. The number of aliphatic hydroxyl groups is 1. The summed E-state index contributed by atoms with van der Waals surface area (Å²) in [6.45, 7) is 12.4. The van der Waals surface area contributed by atoms with Gasteiger partial charge in [-0.15, -0.1) is 0 Å². The third kappa shape index (κ3) is 3.43. The lowest BCUT2D eigenvalue weighted by molar-refractivity contribution is -0.0348. The summed E-state index contributed by atoms with van der Waals surface area (Å²) in [5.41, 5.74) is 1.54. The standard InChI is InChI=1S/C16H30ClN3O/c1-7-16(8-2,20(9-3)10-4)14(21)11-13-15(17)12(5)18-19(13)6/h14,21H,7-11H2,1-6H3. The predicted molar refractivity (Wildman–Crippen MR) is 88.9 cm³/mol. The highest BCUT2D eigenvalue weighted by Crippen LogP contribution is 2.31. The fourth-order valence-corrected chi connectivity index (χ4v) is 3.74. The van der Waals surface area contributed by atoms with Crippen LogP contribution in [0.3, 0.4) is 0 Å². The molecule has 0 spiro atoms. The van der Waals surface area contributed by atoms with Crippen LogP contribution in [0, 0.1) is 6.92 Å². The summed E-state index contributed by atoms with van der Waals surface area (Å²) in [6.07, 6.45) is 1.91. The van der Waals surface area contributed by atoms with E-state index in [2.05, 4.69) is 37.7 Å². The SMILES string of the molecule is CCN(CC)C(CC)(CC)C(O)Cc1c(Cl)c(C)nn1C. The van der Waals surface area contributed by atoms with Gasteiger partial charge in [-0.3, -0.25) is 9.58 Å². The number of halogens is 1. The van der Waals surface area contributed by atoms with E-state index in [4.69, 9.17) is 11.6 Å². The van der Waals surface area contributed by atoms with E-state index in [-0.39, 0.29) is 5.54 Å². The van der Waals surface area contributed by atoms with Crippen LogP contribution >= 0.6 is 11.6 Å². The molecule has 0 aliphatic carbocycles. The smallest absolute Gasteiger partial charge is 0.0847 e. The second kappa shape index (κ2) is 7.61. The summed E-state index contributed by atoms with van der Waals surface area (Å²) in [7, 11) is 1.89. The third-order valence-electron chi connectivity index (χ3n) is 4.89. The molecule has 1 rings (SSSR count). The van der Waals surface area contributed by atoms with Gasteiger partial charge < -0.3 is 5.11 Å². The molecular formula is C16H30ClN3O. The highest BCUT2D eigenvalue weighted by molar-refractivity contribution is 6.31. The van der Waals surface area contributed by atoms with Crippen LogP contribution in [-0.4, -0.2) is 44.5 Å². The van der Waals surface area contributed by atoms with E-state index in [1.165, 1.54) is 0 Å². The zero-order valence-corrected chi connectivity index (χ0v) is 15.0. The van der Waals surface area contributed by atoms with Crippen LogP contribution in [0.25, 0.3) is 0 Å². The molecule has 0 saturated carbocycles. The quantitative estimate of drug-likeness (QED) is 0.801. The molecule has 1 N–H and O–H groups in total. The number of nitrogens with zero attached hydrogens (tertiary/aromatic N) is 3. The number of likely N-dealkylation sites (N-methyl/N-ethyl adjacent to an activating group) is 1. The molecule has 0 aliphatic heterocycles. The molecule has 4 nitrogen and oxygen atoms in total. The molecule has 1 atom stereocenters. The van der Waals surface area contributed by atoms with Crippen LogP contribution in [0.2, 0.25) is 5.02 Å². The number of aromatic nitrogens is 2. The Bertz CT molecular complexity index is 451. The fraction of sp³-hybridized carbons (Fsp3) is 0.812. The third-order valence-corrected chi connectivity index (χ3v) is 5.38. The van der Waals surface area contributed by atoms with Gasteiger partial charge in [0.1, 0.15) is 0 Å². The molecular weight excluding hydrogens is 286 g/mol. The van der Waals surface area contributed by atoms with Crippen LogP contribution in [-0.2, 0) is 13.5 Å². The van der Waals surface area contributed by atoms with Crippen LogP contribution in [0.4, 0.5) is 0 Å². The topological polar surface area (TPSA) is 41.3 Å². The molecule has 0 aliphatic rings. The van der Waals surface area contributed by atoms with Gasteiger partial charge in [-0.1, -0.05) is 39.3 Å². The van der Waals surface area contributed by atoms with Crippen molar-refractivity contribution in [3.8, 4) is 0 Å². The molecule has 0 bridgehead atoms. The maximum absolute atomic E-state index is 11.0. The van der Waals surface area contributed by atoms with Crippen molar-refractivity contribution in [1.29, 1.82) is 0 Å². The van der Waals surface area contributed by atoms with Crippen molar-refractivity contribution in [3.63, 3.8) is 0 Å². The molecule has 1 aromatic rings. The lowest BCUT2D eigenvalue weighted by atomic mass is 9.82. The number of hydrogen-bond donors (Lipinski definition) is 1. The number of aryl methyl sites for hydroxylation is 2. The molecule has 0 radical (unpaired) electrons. The minimum atomic E-state index is -0.459. The second-order valence-corrected chi connectivity index (χ2v) is 6.05. The van der Waals surface area contributed by atoms with Gasteiger partial charge in [-0.05, 0) is 32.9 Å². The van der Waals surface area contributed by atoms with E-state index in [9.17, 15) is 5.11 Å². The number of aliphatic hydroxyl groups excluding tert-OH is 1. The molecule has 0 aromatic carbocycles. The minimum absolute atomic E-state index is 0.203. The Hall–Kier alpha value is -0.580. The van der Waals surface area contributed by atoms with Crippen LogP contribution < -0.4 is 0 Å². The van der Waals surface area contributed by atoms with Crippen LogP contribution in [0.15, 0.2) is 0 Å². The number of hydrogen-bond acceptors (Lipinski definition) is 3. The Kier molecular flexibility index (Phi) is 6.70. The van der Waals surface area contributed by atoms with E-state index >= 15 is 0 Å². The summed E-state index contributed by atoms with van der Waals surface area (Å²) in [4.78, 5) is 2.37. The molecule has 1 aromatic heterocycles. The van der Waals surface area contributed by atoms with Crippen LogP contribution in [0.5, 0.6) is 0 Å². The van der Waals surface area contributed by atoms with Gasteiger partial charge >= 0.3 is 0 Å².